The molecule has 2 rings (SSSR count). The molecule has 0 amide bonds. The molecular formula is C14H19F2NO2. The van der Waals surface area contributed by atoms with Gasteiger partial charge in [0, 0.05) is 25.2 Å². The smallest absolute Gasteiger partial charge is 0.129 e. The van der Waals surface area contributed by atoms with E-state index >= 15 is 0 Å². The predicted octanol–water partition coefficient (Wildman–Crippen LogP) is 1.32. The molecule has 1 heterocycles. The average Bonchev–Trinajstić information content (AvgIpc) is 2.39. The number of halogens is 2. The lowest BCUT2D eigenvalue weighted by Crippen LogP contribution is -2.47. The first-order valence-electron chi connectivity index (χ1n) is 6.57. The van der Waals surface area contributed by atoms with Crippen LogP contribution in [-0.2, 0) is 6.42 Å². The molecule has 19 heavy (non-hydrogen) atoms. The van der Waals surface area contributed by atoms with Gasteiger partial charge >= 0.3 is 0 Å². The third-order valence-electron chi connectivity index (χ3n) is 3.70. The van der Waals surface area contributed by atoms with Crippen LogP contribution >= 0.6 is 0 Å². The largest absolute Gasteiger partial charge is 0.395 e. The second-order valence-corrected chi connectivity index (χ2v) is 5.04. The van der Waals surface area contributed by atoms with E-state index in [-0.39, 0.29) is 18.8 Å². The normalized spacial score (nSPS) is 24.6. The summed E-state index contributed by atoms with van der Waals surface area (Å²) in [6.45, 7) is 1.28. The maximum Gasteiger partial charge on any atom is 0.129 e. The van der Waals surface area contributed by atoms with Gasteiger partial charge < -0.3 is 10.2 Å². The van der Waals surface area contributed by atoms with Gasteiger partial charge in [0.1, 0.15) is 11.6 Å². The molecule has 0 saturated carbocycles. The molecule has 2 unspecified atom stereocenters. The summed E-state index contributed by atoms with van der Waals surface area (Å²) in [6.07, 6.45) is 1.32. The number of hydrogen-bond donors (Lipinski definition) is 2. The van der Waals surface area contributed by atoms with Crippen LogP contribution in [0, 0.1) is 11.6 Å². The van der Waals surface area contributed by atoms with Gasteiger partial charge in [-0.25, -0.2) is 8.78 Å². The molecule has 0 aliphatic carbocycles. The van der Waals surface area contributed by atoms with Crippen LogP contribution in [0.15, 0.2) is 18.2 Å². The van der Waals surface area contributed by atoms with Gasteiger partial charge in [-0.05, 0) is 30.9 Å². The van der Waals surface area contributed by atoms with Crippen molar-refractivity contribution in [2.75, 3.05) is 19.7 Å². The molecule has 1 fully saturated rings. The fourth-order valence-corrected chi connectivity index (χ4v) is 2.55. The van der Waals surface area contributed by atoms with Gasteiger partial charge in [-0.1, -0.05) is 6.07 Å². The highest BCUT2D eigenvalue weighted by Crippen LogP contribution is 2.18. The van der Waals surface area contributed by atoms with Crippen molar-refractivity contribution in [3.8, 4) is 0 Å². The number of nitrogens with zero attached hydrogens (tertiary/aromatic N) is 1. The molecule has 0 bridgehead atoms. The highest BCUT2D eigenvalue weighted by Gasteiger charge is 2.26. The molecule has 0 aromatic heterocycles. The van der Waals surface area contributed by atoms with Crippen LogP contribution in [0.1, 0.15) is 18.4 Å². The van der Waals surface area contributed by atoms with Crippen LogP contribution in [0.4, 0.5) is 8.78 Å². The summed E-state index contributed by atoms with van der Waals surface area (Å²) in [6, 6.07) is 3.52. The minimum atomic E-state index is -0.574. The van der Waals surface area contributed by atoms with Crippen molar-refractivity contribution < 1.29 is 19.0 Å². The van der Waals surface area contributed by atoms with Gasteiger partial charge in [0.25, 0.3) is 0 Å². The monoisotopic (exact) mass is 271 g/mol. The quantitative estimate of drug-likeness (QED) is 0.868. The lowest BCUT2D eigenvalue weighted by atomic mass is 9.99. The third-order valence-corrected chi connectivity index (χ3v) is 3.70. The summed E-state index contributed by atoms with van der Waals surface area (Å²) in [4.78, 5) is 2.05. The Hall–Kier alpha value is -1.04. The summed E-state index contributed by atoms with van der Waals surface area (Å²) < 4.78 is 26.3. The first-order chi connectivity index (χ1) is 9.10. The summed E-state index contributed by atoms with van der Waals surface area (Å²) in [5.74, 6) is -1.10. The minimum Gasteiger partial charge on any atom is -0.395 e. The maximum atomic E-state index is 13.5. The Morgan fingerprint density at radius 2 is 2.11 bits per heavy atom. The van der Waals surface area contributed by atoms with Crippen LogP contribution < -0.4 is 0 Å². The van der Waals surface area contributed by atoms with Crippen LogP contribution in [0.25, 0.3) is 0 Å². The van der Waals surface area contributed by atoms with Gasteiger partial charge in [0.05, 0.1) is 12.7 Å². The van der Waals surface area contributed by atoms with Crippen LogP contribution in [0.2, 0.25) is 0 Å². The van der Waals surface area contributed by atoms with E-state index in [9.17, 15) is 19.0 Å². The Morgan fingerprint density at radius 3 is 2.79 bits per heavy atom. The summed E-state index contributed by atoms with van der Waals surface area (Å²) in [7, 11) is 0. The van der Waals surface area contributed by atoms with E-state index in [0.717, 1.165) is 6.07 Å². The molecule has 0 spiro atoms. The lowest BCUT2D eigenvalue weighted by Gasteiger charge is -2.36. The zero-order valence-electron chi connectivity index (χ0n) is 10.7. The minimum absolute atomic E-state index is 0.0110. The number of rotatable bonds is 4. The van der Waals surface area contributed by atoms with Crippen molar-refractivity contribution in [2.45, 2.75) is 31.4 Å². The molecule has 2 atom stereocenters. The van der Waals surface area contributed by atoms with Gasteiger partial charge in [-0.3, -0.25) is 4.90 Å². The Morgan fingerprint density at radius 1 is 1.32 bits per heavy atom. The Bertz CT molecular complexity index is 428. The van der Waals surface area contributed by atoms with Crippen LogP contribution in [0.5, 0.6) is 0 Å². The number of likely N-dealkylation sites (tertiary alicyclic amines) is 1. The Balaban J connectivity index is 1.94. The van der Waals surface area contributed by atoms with Crippen LogP contribution in [0.3, 0.4) is 0 Å². The van der Waals surface area contributed by atoms with E-state index < -0.39 is 11.6 Å². The van der Waals surface area contributed by atoms with E-state index in [4.69, 9.17) is 0 Å². The van der Waals surface area contributed by atoms with Crippen molar-refractivity contribution in [1.82, 2.24) is 4.90 Å². The topological polar surface area (TPSA) is 43.7 Å². The fraction of sp³-hybridized carbons (Fsp3) is 0.571. The lowest BCUT2D eigenvalue weighted by molar-refractivity contribution is 0.0176. The van der Waals surface area contributed by atoms with Crippen molar-refractivity contribution in [3.05, 3.63) is 35.4 Å². The van der Waals surface area contributed by atoms with Gasteiger partial charge in [-0.15, -0.1) is 0 Å². The summed E-state index contributed by atoms with van der Waals surface area (Å²) in [5, 5.41) is 18.8. The highest BCUT2D eigenvalue weighted by atomic mass is 19.1. The first kappa shape index (κ1) is 14.4. The second kappa shape index (κ2) is 6.41. The summed E-state index contributed by atoms with van der Waals surface area (Å²) >= 11 is 0. The molecule has 1 saturated heterocycles. The molecule has 2 N–H and O–H groups in total. The first-order valence-corrected chi connectivity index (χ1v) is 6.57. The number of benzene rings is 1. The standard InChI is InChI=1S/C14H19F2NO2/c15-11-2-1-10(14(16)7-11)3-5-17-6-4-13(19)8-12(17)9-18/h1-2,7,12-13,18-19H,3-6,8-9H2. The number of piperidine rings is 1. The number of aliphatic hydroxyl groups is 2. The molecule has 1 aliphatic heterocycles. The van der Waals surface area contributed by atoms with Gasteiger partial charge in [0.2, 0.25) is 0 Å². The molecule has 0 radical (unpaired) electrons. The van der Waals surface area contributed by atoms with E-state index in [1.807, 2.05) is 0 Å². The fourth-order valence-electron chi connectivity index (χ4n) is 2.55. The van der Waals surface area contributed by atoms with Crippen LogP contribution in [-0.4, -0.2) is 47.0 Å². The SMILES string of the molecule is OCC1CC(O)CCN1CCc1ccc(F)cc1F. The zero-order valence-corrected chi connectivity index (χ0v) is 10.7. The van der Waals surface area contributed by atoms with Crippen molar-refractivity contribution in [3.63, 3.8) is 0 Å². The Labute approximate surface area is 111 Å². The predicted molar refractivity (Wildman–Crippen MR) is 67.7 cm³/mol. The maximum absolute atomic E-state index is 13.5. The summed E-state index contributed by atoms with van der Waals surface area (Å²) in [5.41, 5.74) is 0.476. The molecule has 5 heteroatoms. The highest BCUT2D eigenvalue weighted by molar-refractivity contribution is 5.18. The molecule has 106 valence electrons. The average molecular weight is 271 g/mol. The second-order valence-electron chi connectivity index (χ2n) is 5.04. The molecule has 1 aromatic rings. The van der Waals surface area contributed by atoms with Crippen molar-refractivity contribution in [2.24, 2.45) is 0 Å². The van der Waals surface area contributed by atoms with Crippen molar-refractivity contribution >= 4 is 0 Å². The Kier molecular flexibility index (Phi) is 4.85. The van der Waals surface area contributed by atoms with Gasteiger partial charge in [-0.2, -0.15) is 0 Å². The number of aliphatic hydroxyl groups excluding tert-OH is 2. The molecular weight excluding hydrogens is 252 g/mol. The zero-order chi connectivity index (χ0) is 13.8. The third kappa shape index (κ3) is 3.72. The van der Waals surface area contributed by atoms with E-state index in [2.05, 4.69) is 4.90 Å². The van der Waals surface area contributed by atoms with E-state index in [1.165, 1.54) is 12.1 Å². The molecule has 3 nitrogen and oxygen atoms in total. The number of hydrogen-bond acceptors (Lipinski definition) is 3. The van der Waals surface area contributed by atoms with E-state index in [1.54, 1.807) is 0 Å². The van der Waals surface area contributed by atoms with E-state index in [0.29, 0.717) is 37.9 Å². The molecule has 1 aliphatic rings. The molecule has 1 aromatic carbocycles. The van der Waals surface area contributed by atoms with Crippen molar-refractivity contribution in [1.29, 1.82) is 0 Å². The van der Waals surface area contributed by atoms with Gasteiger partial charge in [0.15, 0.2) is 0 Å².